The standard InChI is InChI=1S/C9H11N3/c1-8-6-11-9(7-10-8)12-4-2-3-5-12/h2,4,6-7H,3,5H2,1H3. The molecule has 0 aromatic carbocycles. The lowest BCUT2D eigenvalue weighted by Crippen LogP contribution is -2.13. The molecular formula is C9H11N3. The Morgan fingerprint density at radius 1 is 1.33 bits per heavy atom. The lowest BCUT2D eigenvalue weighted by molar-refractivity contribution is 0.954. The number of aryl methyl sites for hydroxylation is 1. The van der Waals surface area contributed by atoms with Gasteiger partial charge in [-0.1, -0.05) is 6.08 Å². The minimum Gasteiger partial charge on any atom is -0.332 e. The SMILES string of the molecule is Cc1cnc(N2C=CCC2)cn1. The first-order valence-electron chi connectivity index (χ1n) is 4.08. The van der Waals surface area contributed by atoms with E-state index in [4.69, 9.17) is 0 Å². The molecule has 1 aliphatic heterocycles. The monoisotopic (exact) mass is 161 g/mol. The van der Waals surface area contributed by atoms with Crippen molar-refractivity contribution < 1.29 is 0 Å². The fraction of sp³-hybridized carbons (Fsp3) is 0.333. The van der Waals surface area contributed by atoms with Gasteiger partial charge in [-0.3, -0.25) is 4.98 Å². The van der Waals surface area contributed by atoms with Gasteiger partial charge in [-0.15, -0.1) is 0 Å². The Bertz CT molecular complexity index is 289. The topological polar surface area (TPSA) is 29.0 Å². The third-order valence-electron chi connectivity index (χ3n) is 1.88. The molecule has 0 atom stereocenters. The Labute approximate surface area is 71.8 Å². The molecule has 1 aromatic rings. The van der Waals surface area contributed by atoms with E-state index in [9.17, 15) is 0 Å². The molecule has 3 heteroatoms. The second-order valence-electron chi connectivity index (χ2n) is 2.88. The van der Waals surface area contributed by atoms with Crippen molar-refractivity contribution in [1.29, 1.82) is 0 Å². The van der Waals surface area contributed by atoms with Crippen molar-refractivity contribution in [2.24, 2.45) is 0 Å². The van der Waals surface area contributed by atoms with E-state index in [0.29, 0.717) is 0 Å². The molecule has 0 N–H and O–H groups in total. The molecule has 1 aromatic heterocycles. The molecule has 0 saturated carbocycles. The van der Waals surface area contributed by atoms with Crippen LogP contribution >= 0.6 is 0 Å². The van der Waals surface area contributed by atoms with Gasteiger partial charge in [-0.2, -0.15) is 0 Å². The zero-order chi connectivity index (χ0) is 8.39. The van der Waals surface area contributed by atoms with Crippen LogP contribution in [0, 0.1) is 6.92 Å². The smallest absolute Gasteiger partial charge is 0.151 e. The first-order valence-corrected chi connectivity index (χ1v) is 4.08. The first kappa shape index (κ1) is 7.28. The molecule has 62 valence electrons. The van der Waals surface area contributed by atoms with Crippen molar-refractivity contribution in [3.05, 3.63) is 30.4 Å². The summed E-state index contributed by atoms with van der Waals surface area (Å²) in [5.41, 5.74) is 0.960. The Morgan fingerprint density at radius 2 is 2.25 bits per heavy atom. The molecular weight excluding hydrogens is 150 g/mol. The molecule has 2 heterocycles. The van der Waals surface area contributed by atoms with E-state index in [0.717, 1.165) is 24.5 Å². The normalized spacial score (nSPS) is 15.6. The molecule has 0 bridgehead atoms. The van der Waals surface area contributed by atoms with E-state index < -0.39 is 0 Å². The van der Waals surface area contributed by atoms with Crippen LogP contribution in [0.15, 0.2) is 24.7 Å². The van der Waals surface area contributed by atoms with E-state index in [1.165, 1.54) is 0 Å². The highest BCUT2D eigenvalue weighted by Gasteiger charge is 2.07. The van der Waals surface area contributed by atoms with Gasteiger partial charge in [-0.25, -0.2) is 4.98 Å². The Balaban J connectivity index is 2.23. The average molecular weight is 161 g/mol. The Hall–Kier alpha value is -1.38. The van der Waals surface area contributed by atoms with Gasteiger partial charge in [0.05, 0.1) is 18.1 Å². The van der Waals surface area contributed by atoms with E-state index in [1.54, 1.807) is 6.20 Å². The van der Waals surface area contributed by atoms with Gasteiger partial charge in [-0.05, 0) is 13.3 Å². The highest BCUT2D eigenvalue weighted by Crippen LogP contribution is 2.13. The van der Waals surface area contributed by atoms with Crippen LogP contribution in [0.2, 0.25) is 0 Å². The van der Waals surface area contributed by atoms with Crippen LogP contribution in [-0.4, -0.2) is 16.5 Å². The maximum absolute atomic E-state index is 4.27. The number of hydrogen-bond acceptors (Lipinski definition) is 3. The van der Waals surface area contributed by atoms with Gasteiger partial charge in [0, 0.05) is 12.7 Å². The molecule has 0 amide bonds. The van der Waals surface area contributed by atoms with Crippen LogP contribution in [-0.2, 0) is 0 Å². The summed E-state index contributed by atoms with van der Waals surface area (Å²) in [5, 5.41) is 0. The van der Waals surface area contributed by atoms with Gasteiger partial charge in [0.2, 0.25) is 0 Å². The van der Waals surface area contributed by atoms with Crippen LogP contribution < -0.4 is 4.90 Å². The lowest BCUT2D eigenvalue weighted by Gasteiger charge is -2.12. The lowest BCUT2D eigenvalue weighted by atomic mass is 10.4. The van der Waals surface area contributed by atoms with Crippen molar-refractivity contribution in [2.75, 3.05) is 11.4 Å². The molecule has 0 saturated heterocycles. The highest BCUT2D eigenvalue weighted by atomic mass is 15.2. The highest BCUT2D eigenvalue weighted by molar-refractivity contribution is 5.41. The molecule has 3 nitrogen and oxygen atoms in total. The fourth-order valence-corrected chi connectivity index (χ4v) is 1.21. The largest absolute Gasteiger partial charge is 0.332 e. The summed E-state index contributed by atoms with van der Waals surface area (Å²) in [6.45, 7) is 2.97. The third kappa shape index (κ3) is 1.30. The molecule has 0 aliphatic carbocycles. The van der Waals surface area contributed by atoms with Crippen molar-refractivity contribution in [3.8, 4) is 0 Å². The quantitative estimate of drug-likeness (QED) is 0.625. The number of aromatic nitrogens is 2. The number of hydrogen-bond donors (Lipinski definition) is 0. The van der Waals surface area contributed by atoms with Crippen LogP contribution in [0.1, 0.15) is 12.1 Å². The van der Waals surface area contributed by atoms with Crippen LogP contribution in [0.5, 0.6) is 0 Å². The summed E-state index contributed by atoms with van der Waals surface area (Å²) in [6, 6.07) is 0. The average Bonchev–Trinajstić information content (AvgIpc) is 2.58. The summed E-state index contributed by atoms with van der Waals surface area (Å²) in [7, 11) is 0. The predicted molar refractivity (Wildman–Crippen MR) is 47.9 cm³/mol. The summed E-state index contributed by atoms with van der Waals surface area (Å²) >= 11 is 0. The fourth-order valence-electron chi connectivity index (χ4n) is 1.21. The number of nitrogens with zero attached hydrogens (tertiary/aromatic N) is 3. The minimum absolute atomic E-state index is 0.939. The van der Waals surface area contributed by atoms with Crippen molar-refractivity contribution >= 4 is 5.82 Å². The Kier molecular flexibility index (Phi) is 1.78. The second-order valence-corrected chi connectivity index (χ2v) is 2.88. The third-order valence-corrected chi connectivity index (χ3v) is 1.88. The van der Waals surface area contributed by atoms with Gasteiger partial charge in [0.25, 0.3) is 0 Å². The second kappa shape index (κ2) is 2.93. The maximum Gasteiger partial charge on any atom is 0.151 e. The van der Waals surface area contributed by atoms with Crippen LogP contribution in [0.25, 0.3) is 0 Å². The number of rotatable bonds is 1. The van der Waals surface area contributed by atoms with Crippen LogP contribution in [0.3, 0.4) is 0 Å². The first-order chi connectivity index (χ1) is 5.86. The Morgan fingerprint density at radius 3 is 2.83 bits per heavy atom. The zero-order valence-electron chi connectivity index (χ0n) is 7.07. The van der Waals surface area contributed by atoms with E-state index >= 15 is 0 Å². The molecule has 2 rings (SSSR count). The molecule has 12 heavy (non-hydrogen) atoms. The zero-order valence-corrected chi connectivity index (χ0v) is 7.07. The van der Waals surface area contributed by atoms with Gasteiger partial charge < -0.3 is 4.90 Å². The van der Waals surface area contributed by atoms with Crippen molar-refractivity contribution in [3.63, 3.8) is 0 Å². The van der Waals surface area contributed by atoms with Crippen molar-refractivity contribution in [2.45, 2.75) is 13.3 Å². The molecule has 0 fully saturated rings. The van der Waals surface area contributed by atoms with Gasteiger partial charge in [0.1, 0.15) is 0 Å². The summed E-state index contributed by atoms with van der Waals surface area (Å²) in [6.07, 6.45) is 8.91. The summed E-state index contributed by atoms with van der Waals surface area (Å²) in [4.78, 5) is 10.6. The van der Waals surface area contributed by atoms with Gasteiger partial charge in [0.15, 0.2) is 5.82 Å². The van der Waals surface area contributed by atoms with Gasteiger partial charge >= 0.3 is 0 Å². The minimum atomic E-state index is 0.939. The van der Waals surface area contributed by atoms with E-state index in [2.05, 4.69) is 27.1 Å². The summed E-state index contributed by atoms with van der Waals surface area (Å²) < 4.78 is 0. The predicted octanol–water partition coefficient (Wildman–Crippen LogP) is 1.51. The molecule has 0 radical (unpaired) electrons. The molecule has 0 unspecified atom stereocenters. The molecule has 0 spiro atoms. The van der Waals surface area contributed by atoms with E-state index in [-0.39, 0.29) is 0 Å². The number of anilines is 1. The van der Waals surface area contributed by atoms with Crippen molar-refractivity contribution in [1.82, 2.24) is 9.97 Å². The maximum atomic E-state index is 4.27. The molecule has 1 aliphatic rings. The van der Waals surface area contributed by atoms with E-state index in [1.807, 2.05) is 13.1 Å². The summed E-state index contributed by atoms with van der Waals surface area (Å²) in [5.74, 6) is 0.939. The van der Waals surface area contributed by atoms with Crippen LogP contribution in [0.4, 0.5) is 5.82 Å².